The van der Waals surface area contributed by atoms with Crippen molar-refractivity contribution in [2.45, 2.75) is 81.5 Å². The Kier molecular flexibility index (Phi) is 8.54. The first-order valence-corrected chi connectivity index (χ1v) is 16.4. The first kappa shape index (κ1) is 29.4. The molecule has 0 radical (unpaired) electrons. The molecule has 1 heterocycles. The van der Waals surface area contributed by atoms with Crippen LogP contribution in [0.4, 0.5) is 0 Å². The van der Waals surface area contributed by atoms with E-state index in [9.17, 15) is 23.1 Å². The summed E-state index contributed by atoms with van der Waals surface area (Å²) in [6.45, 7) is 1.97. The van der Waals surface area contributed by atoms with Gasteiger partial charge in [-0.25, -0.2) is 13.1 Å². The number of sulfonamides is 1. The van der Waals surface area contributed by atoms with Crippen LogP contribution in [0.3, 0.4) is 0 Å². The van der Waals surface area contributed by atoms with Crippen molar-refractivity contribution >= 4 is 45.1 Å². The summed E-state index contributed by atoms with van der Waals surface area (Å²) in [4.78, 5) is 28.6. The van der Waals surface area contributed by atoms with Gasteiger partial charge in [-0.05, 0) is 79.8 Å². The van der Waals surface area contributed by atoms with Gasteiger partial charge in [0.25, 0.3) is 0 Å². The number of benzene rings is 2. The van der Waals surface area contributed by atoms with Gasteiger partial charge in [-0.2, -0.15) is 0 Å². The number of hydrogen-bond acceptors (Lipinski definition) is 4. The van der Waals surface area contributed by atoms with Crippen molar-refractivity contribution in [3.63, 3.8) is 0 Å². The van der Waals surface area contributed by atoms with Gasteiger partial charge in [0.2, 0.25) is 15.9 Å². The van der Waals surface area contributed by atoms with E-state index < -0.39 is 38.7 Å². The van der Waals surface area contributed by atoms with Gasteiger partial charge >= 0.3 is 5.97 Å². The maximum absolute atomic E-state index is 14.6. The Morgan fingerprint density at radius 3 is 2.33 bits per heavy atom. The molecule has 0 aromatic heterocycles. The lowest BCUT2D eigenvalue weighted by Crippen LogP contribution is -2.60. The summed E-state index contributed by atoms with van der Waals surface area (Å²) < 4.78 is 28.9. The molecule has 2 aliphatic carbocycles. The Labute approximate surface area is 246 Å². The van der Waals surface area contributed by atoms with Crippen LogP contribution in [-0.2, 0) is 19.6 Å². The predicted octanol–water partition coefficient (Wildman–Crippen LogP) is 6.17. The second kappa shape index (κ2) is 11.6. The molecule has 40 heavy (non-hydrogen) atoms. The zero-order valence-electron chi connectivity index (χ0n) is 22.6. The van der Waals surface area contributed by atoms with Crippen LogP contribution in [-0.4, -0.2) is 48.1 Å². The quantitative estimate of drug-likeness (QED) is 0.318. The Balaban J connectivity index is 1.64. The normalized spacial score (nSPS) is 26.4. The van der Waals surface area contributed by atoms with Crippen molar-refractivity contribution < 1.29 is 23.1 Å². The molecule has 1 amide bonds. The maximum atomic E-state index is 14.6. The minimum Gasteiger partial charge on any atom is -0.481 e. The van der Waals surface area contributed by atoms with E-state index in [-0.39, 0.29) is 30.7 Å². The minimum atomic E-state index is -3.51. The standard InChI is InChI=1S/C30H36Cl2N2O5S/c1-2-30(17-27(35)36)16-25(21-5-3-6-23(32)15-21)28(20-11-13-22(31)14-12-20)34(29(30)37)26(19-9-10-19)18-33-40(38,39)24-7-4-8-24/h3,5-6,11-15,19,24-26,28,33H,2,4,7-10,16-18H2,1H3,(H,35,36)/t25?,26-,28-,30-/m1/s1. The fourth-order valence-corrected chi connectivity index (χ4v) is 8.41. The predicted molar refractivity (Wildman–Crippen MR) is 156 cm³/mol. The van der Waals surface area contributed by atoms with E-state index in [1.165, 1.54) is 0 Å². The number of halogens is 2. The highest BCUT2D eigenvalue weighted by Gasteiger charge is 2.55. The second-order valence-electron chi connectivity index (χ2n) is 11.6. The molecule has 2 saturated carbocycles. The monoisotopic (exact) mass is 606 g/mol. The van der Waals surface area contributed by atoms with E-state index in [0.29, 0.717) is 35.7 Å². The smallest absolute Gasteiger partial charge is 0.304 e. The van der Waals surface area contributed by atoms with Crippen molar-refractivity contribution in [3.8, 4) is 0 Å². The Bertz CT molecular complexity index is 1360. The van der Waals surface area contributed by atoms with Gasteiger partial charge in [-0.3, -0.25) is 9.59 Å². The molecule has 4 atom stereocenters. The molecule has 0 spiro atoms. The van der Waals surface area contributed by atoms with Gasteiger partial charge in [0.1, 0.15) is 0 Å². The van der Waals surface area contributed by atoms with Gasteiger partial charge in [0, 0.05) is 28.5 Å². The van der Waals surface area contributed by atoms with E-state index in [1.807, 2.05) is 42.2 Å². The Morgan fingerprint density at radius 2 is 1.77 bits per heavy atom. The topological polar surface area (TPSA) is 104 Å². The largest absolute Gasteiger partial charge is 0.481 e. The molecule has 2 N–H and O–H groups in total. The van der Waals surface area contributed by atoms with E-state index in [0.717, 1.165) is 30.4 Å². The average Bonchev–Trinajstić information content (AvgIpc) is 3.70. The van der Waals surface area contributed by atoms with Crippen LogP contribution in [0.1, 0.15) is 81.4 Å². The number of likely N-dealkylation sites (tertiary alicyclic amines) is 1. The number of carboxylic acid groups (broad SMARTS) is 1. The molecule has 5 rings (SSSR count). The Hall–Kier alpha value is -2.13. The van der Waals surface area contributed by atoms with Crippen molar-refractivity contribution in [1.82, 2.24) is 9.62 Å². The SMILES string of the molecule is CC[C@]1(CC(=O)O)CC(c2cccc(Cl)c2)[C@@H](c2ccc(Cl)cc2)N([C@H](CNS(=O)(=O)C2CCC2)C2CC2)C1=O. The molecule has 1 saturated heterocycles. The molecule has 1 aliphatic heterocycles. The summed E-state index contributed by atoms with van der Waals surface area (Å²) in [5.41, 5.74) is 0.648. The third-order valence-corrected chi connectivity index (χ3v) is 11.5. The first-order chi connectivity index (χ1) is 19.0. The summed E-state index contributed by atoms with van der Waals surface area (Å²) in [6, 6.07) is 14.1. The number of carboxylic acids is 1. The fourth-order valence-electron chi connectivity index (χ4n) is 6.49. The summed E-state index contributed by atoms with van der Waals surface area (Å²) in [7, 11) is -3.51. The molecule has 3 fully saturated rings. The summed E-state index contributed by atoms with van der Waals surface area (Å²) in [5, 5.41) is 10.7. The number of aliphatic carboxylic acids is 1. The average molecular weight is 608 g/mol. The lowest BCUT2D eigenvalue weighted by molar-refractivity contribution is -0.162. The Morgan fingerprint density at radius 1 is 1.07 bits per heavy atom. The number of nitrogens with one attached hydrogen (secondary N) is 1. The number of piperidine rings is 1. The summed E-state index contributed by atoms with van der Waals surface area (Å²) >= 11 is 12.7. The van der Waals surface area contributed by atoms with Crippen LogP contribution in [0.15, 0.2) is 48.5 Å². The van der Waals surface area contributed by atoms with Crippen LogP contribution in [0.25, 0.3) is 0 Å². The third kappa shape index (κ3) is 5.91. The van der Waals surface area contributed by atoms with Crippen molar-refractivity contribution in [1.29, 1.82) is 0 Å². The molecule has 2 aromatic rings. The zero-order valence-corrected chi connectivity index (χ0v) is 24.9. The molecule has 216 valence electrons. The van der Waals surface area contributed by atoms with Crippen molar-refractivity contribution in [2.24, 2.45) is 11.3 Å². The van der Waals surface area contributed by atoms with Gasteiger partial charge in [-0.15, -0.1) is 0 Å². The van der Waals surface area contributed by atoms with E-state index in [1.54, 1.807) is 18.2 Å². The van der Waals surface area contributed by atoms with Crippen LogP contribution in [0, 0.1) is 11.3 Å². The van der Waals surface area contributed by atoms with Crippen LogP contribution >= 0.6 is 23.2 Å². The van der Waals surface area contributed by atoms with E-state index >= 15 is 0 Å². The first-order valence-electron chi connectivity index (χ1n) is 14.1. The summed E-state index contributed by atoms with van der Waals surface area (Å²) in [5.74, 6) is -1.39. The highest BCUT2D eigenvalue weighted by molar-refractivity contribution is 7.90. The molecular formula is C30H36Cl2N2O5S. The molecule has 10 heteroatoms. The van der Waals surface area contributed by atoms with Gasteiger partial charge < -0.3 is 10.0 Å². The lowest BCUT2D eigenvalue weighted by atomic mass is 9.64. The molecular weight excluding hydrogens is 571 g/mol. The van der Waals surface area contributed by atoms with Crippen molar-refractivity contribution in [2.75, 3.05) is 6.54 Å². The molecule has 3 aliphatic rings. The number of rotatable bonds is 11. The minimum absolute atomic E-state index is 0.106. The zero-order chi connectivity index (χ0) is 28.7. The fraction of sp³-hybridized carbons (Fsp3) is 0.533. The van der Waals surface area contributed by atoms with Crippen molar-refractivity contribution in [3.05, 3.63) is 69.7 Å². The number of carbonyl (C=O) groups excluding carboxylic acids is 1. The number of hydrogen-bond donors (Lipinski definition) is 2. The number of nitrogens with zero attached hydrogens (tertiary/aromatic N) is 1. The van der Waals surface area contributed by atoms with E-state index in [2.05, 4.69) is 4.72 Å². The van der Waals surface area contributed by atoms with Crippen LogP contribution < -0.4 is 4.72 Å². The lowest BCUT2D eigenvalue weighted by Gasteiger charge is -2.53. The molecule has 2 aromatic carbocycles. The number of amides is 1. The van der Waals surface area contributed by atoms with Gasteiger partial charge in [-0.1, -0.05) is 60.8 Å². The van der Waals surface area contributed by atoms with Crippen LogP contribution in [0.2, 0.25) is 10.0 Å². The third-order valence-electron chi connectivity index (χ3n) is 9.14. The summed E-state index contributed by atoms with van der Waals surface area (Å²) in [6.07, 6.45) is 4.35. The molecule has 0 bridgehead atoms. The maximum Gasteiger partial charge on any atom is 0.304 e. The molecule has 7 nitrogen and oxygen atoms in total. The second-order valence-corrected chi connectivity index (χ2v) is 14.5. The molecule has 1 unspecified atom stereocenters. The highest BCUT2D eigenvalue weighted by atomic mass is 35.5. The highest BCUT2D eigenvalue weighted by Crippen LogP contribution is 2.55. The van der Waals surface area contributed by atoms with Gasteiger partial charge in [0.15, 0.2) is 0 Å². The number of carbonyl (C=O) groups is 2. The van der Waals surface area contributed by atoms with E-state index in [4.69, 9.17) is 23.2 Å². The van der Waals surface area contributed by atoms with Gasteiger partial charge in [0.05, 0.1) is 23.1 Å². The van der Waals surface area contributed by atoms with Crippen LogP contribution in [0.5, 0.6) is 0 Å².